The zero-order valence-corrected chi connectivity index (χ0v) is 15.7. The molecule has 0 fully saturated rings. The van der Waals surface area contributed by atoms with Crippen molar-refractivity contribution in [3.8, 4) is 0 Å². The maximum absolute atomic E-state index is 12.4. The quantitative estimate of drug-likeness (QED) is 0.423. The maximum atomic E-state index is 12.4. The van der Waals surface area contributed by atoms with Gasteiger partial charge in [0.2, 0.25) is 5.91 Å². The number of alkyl carbamates (subject to hydrolysis) is 1. The van der Waals surface area contributed by atoms with Crippen LogP contribution in [-0.4, -0.2) is 61.7 Å². The summed E-state index contributed by atoms with van der Waals surface area (Å²) in [4.78, 5) is 33.6. The second-order valence-corrected chi connectivity index (χ2v) is 8.01. The largest absolute Gasteiger partial charge is 0.480 e. The highest BCUT2D eigenvalue weighted by Crippen LogP contribution is 2.16. The van der Waals surface area contributed by atoms with Crippen molar-refractivity contribution < 1.29 is 32.6 Å². The van der Waals surface area contributed by atoms with Crippen LogP contribution in [0, 0.1) is 0 Å². The minimum atomic E-state index is -3.68. The summed E-state index contributed by atoms with van der Waals surface area (Å²) in [6.45, 7) is 4.94. The van der Waals surface area contributed by atoms with E-state index in [0.29, 0.717) is 25.7 Å². The Balaban J connectivity index is 4.75. The van der Waals surface area contributed by atoms with E-state index in [1.54, 1.807) is 0 Å². The molecule has 0 unspecified atom stereocenters. The van der Waals surface area contributed by atoms with Gasteiger partial charge >= 0.3 is 12.1 Å². The zero-order valence-electron chi connectivity index (χ0n) is 14.9. The molecule has 0 saturated heterocycles. The van der Waals surface area contributed by atoms with Crippen LogP contribution in [0.25, 0.3) is 0 Å². The number of ether oxygens (including phenoxy) is 1. The monoisotopic (exact) mass is 380 g/mol. The Morgan fingerprint density at radius 1 is 1.12 bits per heavy atom. The van der Waals surface area contributed by atoms with Crippen LogP contribution in [0.4, 0.5) is 4.79 Å². The standard InChI is InChI=1S/C15H28N2O7S/c1-4-6-12(7-5-2)25(22,23)10-13(14(19)20)17-15(21)24-9-8-16-11(3)18/h12-13H,4-10H2,1-3H3,(H,16,18)(H,17,21)(H,19,20)/t13-/m1/s1. The lowest BCUT2D eigenvalue weighted by Gasteiger charge is -2.20. The average Bonchev–Trinajstić information content (AvgIpc) is 2.50. The van der Waals surface area contributed by atoms with E-state index < -0.39 is 38.9 Å². The van der Waals surface area contributed by atoms with Gasteiger partial charge < -0.3 is 20.5 Å². The molecule has 0 rings (SSSR count). The third kappa shape index (κ3) is 9.90. The summed E-state index contributed by atoms with van der Waals surface area (Å²) < 4.78 is 29.6. The number of carboxylic acid groups (broad SMARTS) is 1. The Hall–Kier alpha value is -1.84. The average molecular weight is 380 g/mol. The van der Waals surface area contributed by atoms with Gasteiger partial charge in [-0.15, -0.1) is 0 Å². The lowest BCUT2D eigenvalue weighted by atomic mass is 10.2. The number of rotatable bonds is 12. The Bertz CT molecular complexity index is 542. The lowest BCUT2D eigenvalue weighted by Crippen LogP contribution is -2.47. The van der Waals surface area contributed by atoms with Gasteiger partial charge in [0.05, 0.1) is 17.5 Å². The summed E-state index contributed by atoms with van der Waals surface area (Å²) in [5.41, 5.74) is 0. The van der Waals surface area contributed by atoms with Crippen LogP contribution in [0.15, 0.2) is 0 Å². The number of hydrogen-bond acceptors (Lipinski definition) is 6. The van der Waals surface area contributed by atoms with E-state index in [0.717, 1.165) is 0 Å². The molecule has 0 heterocycles. The first-order valence-electron chi connectivity index (χ1n) is 8.26. The van der Waals surface area contributed by atoms with Crippen molar-refractivity contribution in [3.63, 3.8) is 0 Å². The molecule has 9 nitrogen and oxygen atoms in total. The van der Waals surface area contributed by atoms with Gasteiger partial charge in [0.1, 0.15) is 12.6 Å². The van der Waals surface area contributed by atoms with Gasteiger partial charge in [-0.2, -0.15) is 0 Å². The van der Waals surface area contributed by atoms with Gasteiger partial charge in [0.25, 0.3) is 0 Å². The Kier molecular flexibility index (Phi) is 10.8. The summed E-state index contributed by atoms with van der Waals surface area (Å²) in [7, 11) is -3.68. The van der Waals surface area contributed by atoms with Crippen LogP contribution in [-0.2, 0) is 24.2 Å². The topological polar surface area (TPSA) is 139 Å². The molecule has 0 aromatic heterocycles. The smallest absolute Gasteiger partial charge is 0.407 e. The summed E-state index contributed by atoms with van der Waals surface area (Å²) in [5, 5.41) is 13.0. The van der Waals surface area contributed by atoms with Gasteiger partial charge in [-0.1, -0.05) is 26.7 Å². The summed E-state index contributed by atoms with van der Waals surface area (Å²) in [6.07, 6.45) is 1.18. The molecule has 1 atom stereocenters. The van der Waals surface area contributed by atoms with Crippen molar-refractivity contribution >= 4 is 27.8 Å². The molecule has 0 saturated carbocycles. The van der Waals surface area contributed by atoms with Crippen molar-refractivity contribution in [3.05, 3.63) is 0 Å². The minimum Gasteiger partial charge on any atom is -0.480 e. The van der Waals surface area contributed by atoms with Gasteiger partial charge in [0.15, 0.2) is 9.84 Å². The first-order valence-corrected chi connectivity index (χ1v) is 9.97. The van der Waals surface area contributed by atoms with Crippen LogP contribution in [0.3, 0.4) is 0 Å². The van der Waals surface area contributed by atoms with Crippen molar-refractivity contribution in [2.45, 2.75) is 57.7 Å². The number of nitrogens with one attached hydrogen (secondary N) is 2. The van der Waals surface area contributed by atoms with Crippen LogP contribution in [0.1, 0.15) is 46.5 Å². The van der Waals surface area contributed by atoms with Crippen LogP contribution in [0.5, 0.6) is 0 Å². The van der Waals surface area contributed by atoms with Gasteiger partial charge in [-0.05, 0) is 12.8 Å². The number of hydrogen-bond donors (Lipinski definition) is 3. The van der Waals surface area contributed by atoms with E-state index in [-0.39, 0.29) is 19.1 Å². The fourth-order valence-corrected chi connectivity index (χ4v) is 4.40. The Morgan fingerprint density at radius 3 is 2.12 bits per heavy atom. The van der Waals surface area contributed by atoms with Crippen LogP contribution in [0.2, 0.25) is 0 Å². The predicted molar refractivity (Wildman–Crippen MR) is 92.0 cm³/mol. The van der Waals surface area contributed by atoms with E-state index in [9.17, 15) is 27.9 Å². The number of sulfone groups is 1. The molecule has 0 aliphatic heterocycles. The summed E-state index contributed by atoms with van der Waals surface area (Å²) in [5.74, 6) is -2.43. The molecule has 0 bridgehead atoms. The number of aliphatic carboxylic acids is 1. The highest BCUT2D eigenvalue weighted by Gasteiger charge is 2.32. The molecule has 0 spiro atoms. The number of carbonyl (C=O) groups excluding carboxylic acids is 2. The van der Waals surface area contributed by atoms with Crippen molar-refractivity contribution in [2.75, 3.05) is 18.9 Å². The Morgan fingerprint density at radius 2 is 1.68 bits per heavy atom. The maximum Gasteiger partial charge on any atom is 0.407 e. The molecule has 25 heavy (non-hydrogen) atoms. The first-order chi connectivity index (χ1) is 11.6. The van der Waals surface area contributed by atoms with Gasteiger partial charge in [-0.3, -0.25) is 4.79 Å². The minimum absolute atomic E-state index is 0.0772. The highest BCUT2D eigenvalue weighted by molar-refractivity contribution is 7.92. The van der Waals surface area contributed by atoms with E-state index in [4.69, 9.17) is 4.74 Å². The number of carbonyl (C=O) groups is 3. The third-order valence-electron chi connectivity index (χ3n) is 3.43. The van der Waals surface area contributed by atoms with Crippen LogP contribution < -0.4 is 10.6 Å². The zero-order chi connectivity index (χ0) is 19.5. The van der Waals surface area contributed by atoms with Crippen molar-refractivity contribution in [1.29, 1.82) is 0 Å². The number of carboxylic acids is 1. The second kappa shape index (κ2) is 11.7. The molecule has 0 aromatic carbocycles. The normalized spacial score (nSPS) is 12.5. The fraction of sp³-hybridized carbons (Fsp3) is 0.800. The lowest BCUT2D eigenvalue weighted by molar-refractivity contribution is -0.138. The summed E-state index contributed by atoms with van der Waals surface area (Å²) in [6, 6.07) is -1.59. The first kappa shape index (κ1) is 23.2. The molecular weight excluding hydrogens is 352 g/mol. The molecule has 146 valence electrons. The molecule has 0 radical (unpaired) electrons. The predicted octanol–water partition coefficient (Wildman–Crippen LogP) is 0.686. The van der Waals surface area contributed by atoms with Gasteiger partial charge in [-0.25, -0.2) is 18.0 Å². The molecule has 10 heteroatoms. The molecule has 3 N–H and O–H groups in total. The van der Waals surface area contributed by atoms with Crippen molar-refractivity contribution in [2.24, 2.45) is 0 Å². The molecule has 0 aliphatic carbocycles. The van der Waals surface area contributed by atoms with E-state index in [1.807, 2.05) is 19.2 Å². The van der Waals surface area contributed by atoms with E-state index in [1.165, 1.54) is 6.92 Å². The van der Waals surface area contributed by atoms with E-state index in [2.05, 4.69) is 5.32 Å². The molecule has 0 aromatic rings. The molecular formula is C15H28N2O7S. The Labute approximate surface area is 148 Å². The van der Waals surface area contributed by atoms with Crippen LogP contribution >= 0.6 is 0 Å². The fourth-order valence-electron chi connectivity index (χ4n) is 2.25. The van der Waals surface area contributed by atoms with Gasteiger partial charge in [0, 0.05) is 6.92 Å². The third-order valence-corrected chi connectivity index (χ3v) is 5.71. The molecule has 2 amide bonds. The SMILES string of the molecule is CCCC(CCC)S(=O)(=O)C[C@@H](NC(=O)OCCNC(C)=O)C(=O)O. The second-order valence-electron chi connectivity index (χ2n) is 5.68. The highest BCUT2D eigenvalue weighted by atomic mass is 32.2. The van der Waals surface area contributed by atoms with Crippen molar-refractivity contribution in [1.82, 2.24) is 10.6 Å². The number of amides is 2. The van der Waals surface area contributed by atoms with E-state index >= 15 is 0 Å². The molecule has 0 aliphatic rings. The summed E-state index contributed by atoms with van der Waals surface area (Å²) >= 11 is 0.